The first-order chi connectivity index (χ1) is 14.4. The number of fused-ring (bicyclic) bond motifs is 1. The Balaban J connectivity index is 1.97. The minimum absolute atomic E-state index is 0.163. The smallest absolute Gasteiger partial charge is 0.357 e. The second kappa shape index (κ2) is 7.18. The summed E-state index contributed by atoms with van der Waals surface area (Å²) in [6.07, 6.45) is 4.59. The molecule has 5 nitrogen and oxygen atoms in total. The summed E-state index contributed by atoms with van der Waals surface area (Å²) in [5, 5.41) is 13.5. The zero-order valence-corrected chi connectivity index (χ0v) is 15.7. The third-order valence-corrected chi connectivity index (χ3v) is 5.31. The molecule has 0 saturated carbocycles. The molecule has 1 aromatic heterocycles. The van der Waals surface area contributed by atoms with Crippen LogP contribution in [-0.4, -0.2) is 26.8 Å². The normalized spacial score (nSPS) is 14.2. The molecule has 3 aromatic rings. The van der Waals surface area contributed by atoms with Crippen molar-refractivity contribution in [2.45, 2.75) is 11.8 Å². The van der Waals surface area contributed by atoms with Crippen molar-refractivity contribution in [3.63, 3.8) is 0 Å². The Morgan fingerprint density at radius 2 is 1.57 bits per heavy atom. The van der Waals surface area contributed by atoms with Crippen molar-refractivity contribution in [3.8, 4) is 0 Å². The number of carbonyl (C=O) groups is 2. The van der Waals surface area contributed by atoms with Crippen molar-refractivity contribution in [3.05, 3.63) is 107 Å². The molecular weight excluding hydrogens is 390 g/mol. The molecule has 150 valence electrons. The summed E-state index contributed by atoms with van der Waals surface area (Å²) in [5.74, 6) is -2.65. The van der Waals surface area contributed by atoms with Crippen molar-refractivity contribution in [2.75, 3.05) is 0 Å². The molecule has 1 heterocycles. The number of allylic oxidation sites excluding steroid dienone is 2. The van der Waals surface area contributed by atoms with Gasteiger partial charge < -0.3 is 5.11 Å². The second-order valence-electron chi connectivity index (χ2n) is 6.96. The average Bonchev–Trinajstić information content (AvgIpc) is 3.13. The van der Waals surface area contributed by atoms with Crippen LogP contribution in [0.4, 0.5) is 8.78 Å². The summed E-state index contributed by atoms with van der Waals surface area (Å²) < 4.78 is 28.2. The van der Waals surface area contributed by atoms with E-state index in [1.54, 1.807) is 36.4 Å². The van der Waals surface area contributed by atoms with E-state index in [9.17, 15) is 23.5 Å². The van der Waals surface area contributed by atoms with Crippen molar-refractivity contribution >= 4 is 18.0 Å². The lowest BCUT2D eigenvalue weighted by molar-refractivity contribution is 0.0689. The van der Waals surface area contributed by atoms with E-state index in [1.807, 2.05) is 0 Å². The molecule has 0 bridgehead atoms. The zero-order valence-electron chi connectivity index (χ0n) is 15.7. The van der Waals surface area contributed by atoms with E-state index in [2.05, 4.69) is 11.7 Å². The lowest BCUT2D eigenvalue weighted by Crippen LogP contribution is -2.32. The molecule has 2 aromatic carbocycles. The van der Waals surface area contributed by atoms with Gasteiger partial charge in [0.15, 0.2) is 5.69 Å². The lowest BCUT2D eigenvalue weighted by Gasteiger charge is -2.35. The van der Waals surface area contributed by atoms with E-state index in [4.69, 9.17) is 0 Å². The molecule has 7 heteroatoms. The van der Waals surface area contributed by atoms with E-state index in [0.29, 0.717) is 22.4 Å². The monoisotopic (exact) mass is 406 g/mol. The number of carboxylic acids is 1. The van der Waals surface area contributed by atoms with Gasteiger partial charge in [0, 0.05) is 17.4 Å². The van der Waals surface area contributed by atoms with Gasteiger partial charge in [0.25, 0.3) is 5.91 Å². The second-order valence-corrected chi connectivity index (χ2v) is 6.96. The highest BCUT2D eigenvalue weighted by molar-refractivity contribution is 5.95. The molecule has 0 saturated heterocycles. The highest BCUT2D eigenvalue weighted by Gasteiger charge is 2.39. The number of aromatic carboxylic acids is 1. The SMILES string of the molecule is C=CC(=O)n1nc(C(=O)O)c2c1CC(c1ccc(F)cc1)(c1ccc(F)cc1)C=C2. The fraction of sp³-hybridized carbons (Fsp3) is 0.0870. The fourth-order valence-electron chi connectivity index (χ4n) is 3.84. The molecule has 0 amide bonds. The van der Waals surface area contributed by atoms with E-state index in [1.165, 1.54) is 24.3 Å². The Bertz CT molecular complexity index is 1150. The first kappa shape index (κ1) is 19.4. The Hall–Kier alpha value is -3.87. The molecule has 1 N–H and O–H groups in total. The Morgan fingerprint density at radius 1 is 1.03 bits per heavy atom. The molecule has 30 heavy (non-hydrogen) atoms. The summed E-state index contributed by atoms with van der Waals surface area (Å²) in [6.45, 7) is 3.45. The lowest BCUT2D eigenvalue weighted by atomic mass is 9.68. The van der Waals surface area contributed by atoms with E-state index in [0.717, 1.165) is 10.8 Å². The number of hydrogen-bond acceptors (Lipinski definition) is 3. The summed E-state index contributed by atoms with van der Waals surface area (Å²) >= 11 is 0. The molecule has 0 unspecified atom stereocenters. The maximum atomic E-state index is 13.6. The van der Waals surface area contributed by atoms with Gasteiger partial charge in [0.1, 0.15) is 11.6 Å². The van der Waals surface area contributed by atoms with Crippen LogP contribution in [0, 0.1) is 11.6 Å². The number of carbonyl (C=O) groups excluding carboxylic acids is 1. The molecule has 0 atom stereocenters. The van der Waals surface area contributed by atoms with Crippen LogP contribution in [0.15, 0.2) is 67.3 Å². The van der Waals surface area contributed by atoms with Gasteiger partial charge in [-0.1, -0.05) is 43.0 Å². The Morgan fingerprint density at radius 3 is 2.03 bits per heavy atom. The molecule has 0 radical (unpaired) electrons. The maximum absolute atomic E-state index is 13.6. The first-order valence-electron chi connectivity index (χ1n) is 9.09. The van der Waals surface area contributed by atoms with Gasteiger partial charge in [-0.15, -0.1) is 0 Å². The fourth-order valence-corrected chi connectivity index (χ4v) is 3.84. The number of aromatic nitrogens is 2. The zero-order chi connectivity index (χ0) is 21.5. The first-order valence-corrected chi connectivity index (χ1v) is 9.09. The number of benzene rings is 2. The summed E-state index contributed by atoms with van der Waals surface area (Å²) in [5.41, 5.74) is 0.971. The highest BCUT2D eigenvalue weighted by atomic mass is 19.1. The van der Waals surface area contributed by atoms with E-state index >= 15 is 0 Å². The Labute approximate surface area is 170 Å². The quantitative estimate of drug-likeness (QED) is 0.658. The van der Waals surface area contributed by atoms with Crippen LogP contribution in [0.1, 0.15) is 37.7 Å². The highest BCUT2D eigenvalue weighted by Crippen LogP contribution is 2.42. The third kappa shape index (κ3) is 3.04. The molecule has 1 aliphatic rings. The third-order valence-electron chi connectivity index (χ3n) is 5.31. The van der Waals surface area contributed by atoms with Crippen molar-refractivity contribution in [1.29, 1.82) is 0 Å². The molecular formula is C23H16F2N2O3. The standard InChI is InChI=1S/C23H16F2N2O3/c1-2-20(28)27-19-13-23(14-3-7-16(24)8-4-14,15-5-9-17(25)10-6-15)12-11-18(19)21(26-27)22(29)30/h2-12H,1,13H2,(H,29,30). The molecule has 0 aliphatic heterocycles. The Kier molecular flexibility index (Phi) is 4.66. The summed E-state index contributed by atoms with van der Waals surface area (Å²) in [7, 11) is 0. The maximum Gasteiger partial charge on any atom is 0.357 e. The average molecular weight is 406 g/mol. The predicted octanol–water partition coefficient (Wildman–Crippen LogP) is 4.24. The molecule has 4 rings (SSSR count). The molecule has 0 spiro atoms. The van der Waals surface area contributed by atoms with Gasteiger partial charge in [-0.25, -0.2) is 13.6 Å². The molecule has 0 fully saturated rings. The van der Waals surface area contributed by atoms with Crippen LogP contribution >= 0.6 is 0 Å². The summed E-state index contributed by atoms with van der Waals surface area (Å²) in [4.78, 5) is 24.0. The number of carboxylic acid groups (broad SMARTS) is 1. The number of rotatable bonds is 4. The predicted molar refractivity (Wildman–Crippen MR) is 106 cm³/mol. The van der Waals surface area contributed by atoms with Crippen LogP contribution in [0.2, 0.25) is 0 Å². The number of halogens is 2. The number of nitrogens with zero attached hydrogens (tertiary/aromatic N) is 2. The van der Waals surface area contributed by atoms with E-state index in [-0.39, 0.29) is 12.1 Å². The van der Waals surface area contributed by atoms with Gasteiger partial charge in [-0.3, -0.25) is 4.79 Å². The van der Waals surface area contributed by atoms with Gasteiger partial charge in [-0.2, -0.15) is 9.78 Å². The van der Waals surface area contributed by atoms with Crippen molar-refractivity contribution in [2.24, 2.45) is 0 Å². The largest absolute Gasteiger partial charge is 0.476 e. The van der Waals surface area contributed by atoms with Gasteiger partial charge in [0.2, 0.25) is 0 Å². The van der Waals surface area contributed by atoms with Crippen LogP contribution in [0.5, 0.6) is 0 Å². The summed E-state index contributed by atoms with van der Waals surface area (Å²) in [6, 6.07) is 11.7. The van der Waals surface area contributed by atoms with Gasteiger partial charge in [0.05, 0.1) is 5.69 Å². The van der Waals surface area contributed by atoms with Crippen LogP contribution < -0.4 is 0 Å². The van der Waals surface area contributed by atoms with Gasteiger partial charge >= 0.3 is 5.97 Å². The van der Waals surface area contributed by atoms with Gasteiger partial charge in [-0.05, 0) is 41.5 Å². The van der Waals surface area contributed by atoms with Crippen LogP contribution in [-0.2, 0) is 11.8 Å². The van der Waals surface area contributed by atoms with Crippen LogP contribution in [0.25, 0.3) is 6.08 Å². The number of hydrogen-bond donors (Lipinski definition) is 1. The van der Waals surface area contributed by atoms with Crippen LogP contribution in [0.3, 0.4) is 0 Å². The topological polar surface area (TPSA) is 72.2 Å². The van der Waals surface area contributed by atoms with Crippen molar-refractivity contribution in [1.82, 2.24) is 9.78 Å². The minimum Gasteiger partial charge on any atom is -0.476 e. The molecule has 1 aliphatic carbocycles. The minimum atomic E-state index is -1.26. The van der Waals surface area contributed by atoms with E-state index < -0.39 is 28.9 Å². The van der Waals surface area contributed by atoms with Crippen molar-refractivity contribution < 1.29 is 23.5 Å².